The Morgan fingerprint density at radius 1 is 1.07 bits per heavy atom. The van der Waals surface area contributed by atoms with Crippen molar-refractivity contribution in [1.29, 1.82) is 0 Å². The van der Waals surface area contributed by atoms with Crippen LogP contribution in [0.2, 0.25) is 0 Å². The van der Waals surface area contributed by atoms with Gasteiger partial charge in [-0.2, -0.15) is 0 Å². The lowest BCUT2D eigenvalue weighted by Crippen LogP contribution is -2.42. The molecule has 2 aromatic carbocycles. The molecule has 10 heteroatoms. The van der Waals surface area contributed by atoms with E-state index in [1.165, 1.54) is 52.9 Å². The van der Waals surface area contributed by atoms with Crippen molar-refractivity contribution in [3.63, 3.8) is 0 Å². The lowest BCUT2D eigenvalue weighted by atomic mass is 10.1. The van der Waals surface area contributed by atoms with Crippen molar-refractivity contribution in [2.75, 3.05) is 11.1 Å². The highest BCUT2D eigenvalue weighted by molar-refractivity contribution is 8.01. The number of nitrogens with zero attached hydrogens (tertiary/aromatic N) is 2. The van der Waals surface area contributed by atoms with Crippen LogP contribution in [0, 0.1) is 19.7 Å². The summed E-state index contributed by atoms with van der Waals surface area (Å²) in [7, 11) is 0. The number of hydrazine groups is 1. The van der Waals surface area contributed by atoms with Gasteiger partial charge in [-0.1, -0.05) is 47.4 Å². The zero-order chi connectivity index (χ0) is 20.8. The van der Waals surface area contributed by atoms with Gasteiger partial charge in [-0.25, -0.2) is 4.39 Å². The number of amides is 2. The van der Waals surface area contributed by atoms with Crippen LogP contribution in [0.5, 0.6) is 0 Å². The average molecular weight is 432 g/mol. The second-order valence-corrected chi connectivity index (χ2v) is 8.22. The minimum absolute atomic E-state index is 0.0235. The molecular weight excluding hydrogens is 413 g/mol. The number of hydrogen-bond donors (Lipinski definition) is 3. The van der Waals surface area contributed by atoms with E-state index < -0.39 is 17.6 Å². The summed E-state index contributed by atoms with van der Waals surface area (Å²) in [4.78, 5) is 23.8. The third kappa shape index (κ3) is 5.52. The van der Waals surface area contributed by atoms with Crippen molar-refractivity contribution in [2.24, 2.45) is 0 Å². The molecule has 0 aliphatic heterocycles. The number of halogens is 1. The number of hydrogen-bond acceptors (Lipinski definition) is 7. The van der Waals surface area contributed by atoms with E-state index in [4.69, 9.17) is 0 Å². The molecule has 0 aliphatic carbocycles. The number of anilines is 2. The van der Waals surface area contributed by atoms with Gasteiger partial charge in [0.15, 0.2) is 4.34 Å². The molecule has 0 atom stereocenters. The molecular formula is C19H18FN5O2S2. The van der Waals surface area contributed by atoms with Crippen molar-refractivity contribution in [1.82, 2.24) is 21.0 Å². The minimum atomic E-state index is -0.725. The quantitative estimate of drug-likeness (QED) is 0.408. The molecule has 0 spiro atoms. The Morgan fingerprint density at radius 2 is 1.86 bits per heavy atom. The van der Waals surface area contributed by atoms with Crippen molar-refractivity contribution >= 4 is 45.7 Å². The maximum absolute atomic E-state index is 13.5. The summed E-state index contributed by atoms with van der Waals surface area (Å²) in [6.45, 7) is 4.06. The van der Waals surface area contributed by atoms with Crippen LogP contribution in [-0.2, 0) is 4.79 Å². The van der Waals surface area contributed by atoms with Crippen molar-refractivity contribution < 1.29 is 14.0 Å². The number of aryl methyl sites for hydroxylation is 1. The zero-order valence-corrected chi connectivity index (χ0v) is 17.3. The van der Waals surface area contributed by atoms with E-state index >= 15 is 0 Å². The maximum atomic E-state index is 13.5. The SMILES string of the molecule is Cc1cccc(Nc2nnc(SCC(=O)NNC(=O)c3ccccc3F)s2)c1C. The monoisotopic (exact) mass is 431 g/mol. The predicted octanol–water partition coefficient (Wildman–Crippen LogP) is 3.59. The molecule has 0 aliphatic rings. The van der Waals surface area contributed by atoms with E-state index in [-0.39, 0.29) is 11.3 Å². The fraction of sp³-hybridized carbons (Fsp3) is 0.158. The van der Waals surface area contributed by atoms with Crippen molar-refractivity contribution in [3.8, 4) is 0 Å². The van der Waals surface area contributed by atoms with Crippen LogP contribution in [0.1, 0.15) is 21.5 Å². The molecule has 1 aromatic heterocycles. The summed E-state index contributed by atoms with van der Waals surface area (Å²) in [5.74, 6) is -1.81. The Hall–Kier alpha value is -2.98. The first-order valence-corrected chi connectivity index (χ1v) is 10.4. The van der Waals surface area contributed by atoms with E-state index in [2.05, 4.69) is 26.4 Å². The van der Waals surface area contributed by atoms with E-state index in [1.54, 1.807) is 0 Å². The fourth-order valence-electron chi connectivity index (χ4n) is 2.32. The number of thioether (sulfide) groups is 1. The third-order valence-corrected chi connectivity index (χ3v) is 5.99. The number of aromatic nitrogens is 2. The molecule has 0 bridgehead atoms. The Bertz CT molecular complexity index is 1040. The highest BCUT2D eigenvalue weighted by atomic mass is 32.2. The standard InChI is InChI=1S/C19H18FN5O2S2/c1-11-6-5-9-15(12(11)2)21-18-24-25-19(29-18)28-10-16(26)22-23-17(27)13-7-3-4-8-14(13)20/h3-9H,10H2,1-2H3,(H,21,24)(H,22,26)(H,23,27). The van der Waals surface area contributed by atoms with Gasteiger partial charge < -0.3 is 5.32 Å². The van der Waals surface area contributed by atoms with E-state index in [0.717, 1.165) is 11.3 Å². The van der Waals surface area contributed by atoms with Gasteiger partial charge in [-0.15, -0.1) is 10.2 Å². The van der Waals surface area contributed by atoms with Gasteiger partial charge in [-0.05, 0) is 43.2 Å². The Morgan fingerprint density at radius 3 is 2.66 bits per heavy atom. The Kier molecular flexibility index (Phi) is 6.78. The maximum Gasteiger partial charge on any atom is 0.272 e. The third-order valence-electron chi connectivity index (χ3n) is 4.01. The van der Waals surface area contributed by atoms with Crippen LogP contribution in [0.25, 0.3) is 0 Å². The molecule has 0 fully saturated rings. The molecule has 2 amide bonds. The topological polar surface area (TPSA) is 96.0 Å². The van der Waals surface area contributed by atoms with Crippen molar-refractivity contribution in [3.05, 3.63) is 65.0 Å². The van der Waals surface area contributed by atoms with Crippen LogP contribution in [-0.4, -0.2) is 27.8 Å². The fourth-order valence-corrected chi connectivity index (χ4v) is 3.89. The Labute approximate surface area is 175 Å². The molecule has 1 heterocycles. The normalized spacial score (nSPS) is 10.4. The van der Waals surface area contributed by atoms with Gasteiger partial charge in [0.25, 0.3) is 5.91 Å². The minimum Gasteiger partial charge on any atom is -0.330 e. The highest BCUT2D eigenvalue weighted by Gasteiger charge is 2.13. The van der Waals surface area contributed by atoms with Crippen LogP contribution in [0.3, 0.4) is 0 Å². The number of carbonyl (C=O) groups excluding carboxylic acids is 2. The molecule has 0 saturated carbocycles. The van der Waals surface area contributed by atoms with Crippen LogP contribution in [0.15, 0.2) is 46.8 Å². The van der Waals surface area contributed by atoms with Gasteiger partial charge in [0.1, 0.15) is 5.82 Å². The molecule has 3 N–H and O–H groups in total. The van der Waals surface area contributed by atoms with Gasteiger partial charge in [0.2, 0.25) is 11.0 Å². The molecule has 0 unspecified atom stereocenters. The number of carbonyl (C=O) groups is 2. The highest BCUT2D eigenvalue weighted by Crippen LogP contribution is 2.29. The Balaban J connectivity index is 1.48. The lowest BCUT2D eigenvalue weighted by molar-refractivity contribution is -0.119. The molecule has 29 heavy (non-hydrogen) atoms. The molecule has 150 valence electrons. The summed E-state index contributed by atoms with van der Waals surface area (Å²) in [6, 6.07) is 11.5. The lowest BCUT2D eigenvalue weighted by Gasteiger charge is -2.08. The largest absolute Gasteiger partial charge is 0.330 e. The summed E-state index contributed by atoms with van der Waals surface area (Å²) in [5.41, 5.74) is 7.54. The summed E-state index contributed by atoms with van der Waals surface area (Å²) >= 11 is 2.51. The van der Waals surface area contributed by atoms with Gasteiger partial charge in [0.05, 0.1) is 11.3 Å². The van der Waals surface area contributed by atoms with Gasteiger partial charge in [0, 0.05) is 5.69 Å². The second-order valence-electron chi connectivity index (χ2n) is 6.02. The smallest absolute Gasteiger partial charge is 0.272 e. The summed E-state index contributed by atoms with van der Waals surface area (Å²) in [5, 5.41) is 12.0. The summed E-state index contributed by atoms with van der Waals surface area (Å²) < 4.78 is 14.1. The van der Waals surface area contributed by atoms with Crippen LogP contribution >= 0.6 is 23.1 Å². The average Bonchev–Trinajstić information content (AvgIpc) is 3.16. The van der Waals surface area contributed by atoms with Crippen LogP contribution in [0.4, 0.5) is 15.2 Å². The van der Waals surface area contributed by atoms with E-state index in [0.29, 0.717) is 9.47 Å². The molecule has 0 saturated heterocycles. The van der Waals surface area contributed by atoms with Gasteiger partial charge in [-0.3, -0.25) is 20.4 Å². The van der Waals surface area contributed by atoms with E-state index in [9.17, 15) is 14.0 Å². The number of rotatable bonds is 6. The summed E-state index contributed by atoms with van der Waals surface area (Å²) in [6.07, 6.45) is 0. The zero-order valence-electron chi connectivity index (χ0n) is 15.7. The first kappa shape index (κ1) is 20.7. The number of nitrogens with one attached hydrogen (secondary N) is 3. The van der Waals surface area contributed by atoms with Gasteiger partial charge >= 0.3 is 0 Å². The van der Waals surface area contributed by atoms with Crippen LogP contribution < -0.4 is 16.2 Å². The molecule has 3 rings (SSSR count). The predicted molar refractivity (Wildman–Crippen MR) is 112 cm³/mol. The van der Waals surface area contributed by atoms with Crippen molar-refractivity contribution in [2.45, 2.75) is 18.2 Å². The van der Waals surface area contributed by atoms with E-state index in [1.807, 2.05) is 32.0 Å². The first-order valence-electron chi connectivity index (χ1n) is 8.57. The molecule has 0 radical (unpaired) electrons. The first-order chi connectivity index (χ1) is 13.9. The molecule has 7 nitrogen and oxygen atoms in total. The number of benzene rings is 2. The molecule has 3 aromatic rings. The second kappa shape index (κ2) is 9.48.